The Labute approximate surface area is 40.8 Å². The van der Waals surface area contributed by atoms with E-state index >= 15 is 0 Å². The van der Waals surface area contributed by atoms with Crippen molar-refractivity contribution in [1.29, 1.82) is 0 Å². The average molecular weight is 148 g/mol. The third-order valence-corrected chi connectivity index (χ3v) is 1.69. The molecule has 0 spiro atoms. The van der Waals surface area contributed by atoms with E-state index in [0.29, 0.717) is 0 Å². The van der Waals surface area contributed by atoms with Gasteiger partial charge in [0.1, 0.15) is 0 Å². The van der Waals surface area contributed by atoms with Crippen LogP contribution in [0.2, 0.25) is 0 Å². The summed E-state index contributed by atoms with van der Waals surface area (Å²) in [6, 6.07) is 1.56. The van der Waals surface area contributed by atoms with Gasteiger partial charge in [0.2, 0.25) is 0 Å². The van der Waals surface area contributed by atoms with Gasteiger partial charge in [-0.1, -0.05) is 0 Å². The SMILES string of the molecule is O=c1cc[se][nH]1. The molecule has 1 N–H and O–H groups in total. The number of aromatic nitrogens is 1. The third-order valence-electron chi connectivity index (χ3n) is 0.447. The molecular weight excluding hydrogens is 145 g/mol. The molecule has 0 atom stereocenters. The van der Waals surface area contributed by atoms with E-state index in [9.17, 15) is 4.79 Å². The van der Waals surface area contributed by atoms with E-state index in [-0.39, 0.29) is 20.3 Å². The third kappa shape index (κ3) is 0.614. The Morgan fingerprint density at radius 3 is 2.83 bits per heavy atom. The predicted molar refractivity (Wildman–Crippen MR) is 24.0 cm³/mol. The second-order valence-corrected chi connectivity index (χ2v) is 2.38. The summed E-state index contributed by atoms with van der Waals surface area (Å²) >= 11 is 0.261. The molecule has 0 amide bonds. The van der Waals surface area contributed by atoms with Crippen LogP contribution in [0.15, 0.2) is 15.8 Å². The Morgan fingerprint density at radius 2 is 2.67 bits per heavy atom. The summed E-state index contributed by atoms with van der Waals surface area (Å²) in [5.41, 5.74) is 0.0509. The van der Waals surface area contributed by atoms with Crippen LogP contribution in [0.1, 0.15) is 0 Å². The van der Waals surface area contributed by atoms with Gasteiger partial charge in [0.05, 0.1) is 0 Å². The second-order valence-electron chi connectivity index (χ2n) is 0.887. The Hall–Kier alpha value is -0.271. The number of hydrogen-bond donors (Lipinski definition) is 1. The molecule has 1 heterocycles. The molecule has 0 aliphatic rings. The molecule has 0 aliphatic heterocycles. The van der Waals surface area contributed by atoms with Crippen molar-refractivity contribution in [2.24, 2.45) is 0 Å². The maximum atomic E-state index is 10.1. The molecule has 0 aliphatic carbocycles. The minimum absolute atomic E-state index is 0.0509. The van der Waals surface area contributed by atoms with Gasteiger partial charge in [-0.3, -0.25) is 0 Å². The van der Waals surface area contributed by atoms with Gasteiger partial charge < -0.3 is 0 Å². The van der Waals surface area contributed by atoms with Crippen LogP contribution in [0.5, 0.6) is 0 Å². The summed E-state index contributed by atoms with van der Waals surface area (Å²) in [6.07, 6.45) is 0. The minimum atomic E-state index is 0.0509. The molecule has 0 saturated carbocycles. The van der Waals surface area contributed by atoms with E-state index in [1.54, 1.807) is 6.07 Å². The van der Waals surface area contributed by atoms with Crippen LogP contribution in [-0.4, -0.2) is 18.7 Å². The quantitative estimate of drug-likeness (QED) is 0.491. The van der Waals surface area contributed by atoms with Gasteiger partial charge in [-0.2, -0.15) is 0 Å². The number of nitrogens with one attached hydrogen (secondary N) is 1. The maximum absolute atomic E-state index is 10.1. The van der Waals surface area contributed by atoms with Crippen LogP contribution in [0.3, 0.4) is 0 Å². The van der Waals surface area contributed by atoms with Crippen LogP contribution in [0, 0.1) is 0 Å². The molecule has 1 rings (SSSR count). The van der Waals surface area contributed by atoms with Gasteiger partial charge in [0.15, 0.2) is 0 Å². The Morgan fingerprint density at radius 1 is 1.83 bits per heavy atom. The molecule has 0 saturated heterocycles. The molecule has 0 bridgehead atoms. The van der Waals surface area contributed by atoms with Gasteiger partial charge in [0, 0.05) is 0 Å². The van der Waals surface area contributed by atoms with Crippen molar-refractivity contribution >= 4 is 14.7 Å². The van der Waals surface area contributed by atoms with Gasteiger partial charge in [-0.05, 0) is 0 Å². The van der Waals surface area contributed by atoms with E-state index in [2.05, 4.69) is 3.98 Å². The van der Waals surface area contributed by atoms with Crippen molar-refractivity contribution < 1.29 is 0 Å². The first-order valence-electron chi connectivity index (χ1n) is 1.52. The standard InChI is InChI=1S/C3H3NOSe/c5-3-1-2-6-4-3/h1-2H,(H,4,5). The zero-order valence-corrected chi connectivity index (χ0v) is 4.68. The first-order chi connectivity index (χ1) is 2.89. The molecule has 6 heavy (non-hydrogen) atoms. The Bertz CT molecular complexity index is 149. The number of hydrogen-bond acceptors (Lipinski definition) is 1. The predicted octanol–water partition coefficient (Wildman–Crippen LogP) is -0.568. The van der Waals surface area contributed by atoms with E-state index < -0.39 is 0 Å². The summed E-state index contributed by atoms with van der Waals surface area (Å²) in [6.45, 7) is 0. The van der Waals surface area contributed by atoms with Gasteiger partial charge >= 0.3 is 40.1 Å². The fraction of sp³-hybridized carbons (Fsp3) is 0. The van der Waals surface area contributed by atoms with Gasteiger partial charge in [0.25, 0.3) is 0 Å². The van der Waals surface area contributed by atoms with Crippen molar-refractivity contribution in [3.63, 3.8) is 0 Å². The molecule has 0 aromatic carbocycles. The topological polar surface area (TPSA) is 32.9 Å². The van der Waals surface area contributed by atoms with Gasteiger partial charge in [-0.25, -0.2) is 0 Å². The van der Waals surface area contributed by atoms with E-state index in [0.717, 1.165) is 0 Å². The molecule has 3 heteroatoms. The average Bonchev–Trinajstić information content (AvgIpc) is 1.86. The molecule has 0 fully saturated rings. The van der Waals surface area contributed by atoms with Crippen molar-refractivity contribution in [2.45, 2.75) is 0 Å². The first-order valence-corrected chi connectivity index (χ1v) is 3.36. The first kappa shape index (κ1) is 3.90. The van der Waals surface area contributed by atoms with E-state index in [1.807, 2.05) is 4.94 Å². The van der Waals surface area contributed by atoms with E-state index in [1.165, 1.54) is 0 Å². The summed E-state index contributed by atoms with van der Waals surface area (Å²) in [5.74, 6) is 0. The Kier molecular flexibility index (Phi) is 0.945. The second kappa shape index (κ2) is 1.45. The van der Waals surface area contributed by atoms with Crippen molar-refractivity contribution in [3.05, 3.63) is 21.4 Å². The molecule has 0 unspecified atom stereocenters. The Balaban J connectivity index is 3.41. The molecule has 2 nitrogen and oxygen atoms in total. The van der Waals surface area contributed by atoms with Crippen LogP contribution in [-0.2, 0) is 0 Å². The zero-order chi connectivity index (χ0) is 4.41. The molecule has 0 radical (unpaired) electrons. The number of rotatable bonds is 0. The summed E-state index contributed by atoms with van der Waals surface area (Å²) < 4.78 is 2.63. The fourth-order valence-corrected chi connectivity index (χ4v) is 1.15. The molecule has 1 aromatic rings. The van der Waals surface area contributed by atoms with Crippen molar-refractivity contribution in [2.75, 3.05) is 0 Å². The molecule has 1 aromatic heterocycles. The summed E-state index contributed by atoms with van der Waals surface area (Å²) in [7, 11) is 0. The van der Waals surface area contributed by atoms with E-state index in [4.69, 9.17) is 0 Å². The normalized spacial score (nSPS) is 8.67. The molecule has 32 valence electrons. The monoisotopic (exact) mass is 149 g/mol. The van der Waals surface area contributed by atoms with Crippen LogP contribution < -0.4 is 5.56 Å². The number of H-pyrrole nitrogens is 1. The number of aromatic amines is 1. The van der Waals surface area contributed by atoms with Crippen LogP contribution in [0.25, 0.3) is 0 Å². The molecular formula is C3H3NOSe. The fourth-order valence-electron chi connectivity index (χ4n) is 0.222. The van der Waals surface area contributed by atoms with Crippen LogP contribution >= 0.6 is 0 Å². The van der Waals surface area contributed by atoms with Crippen molar-refractivity contribution in [1.82, 2.24) is 3.98 Å². The van der Waals surface area contributed by atoms with Gasteiger partial charge in [-0.15, -0.1) is 0 Å². The van der Waals surface area contributed by atoms with Crippen molar-refractivity contribution in [3.8, 4) is 0 Å². The zero-order valence-electron chi connectivity index (χ0n) is 2.97. The summed E-state index contributed by atoms with van der Waals surface area (Å²) in [4.78, 5) is 11.9. The summed E-state index contributed by atoms with van der Waals surface area (Å²) in [5, 5.41) is 0. The van der Waals surface area contributed by atoms with Crippen LogP contribution in [0.4, 0.5) is 0 Å².